The van der Waals surface area contributed by atoms with Crippen molar-refractivity contribution < 1.29 is 32.2 Å². The fourth-order valence-electron chi connectivity index (χ4n) is 5.39. The molecule has 262 valence electrons. The van der Waals surface area contributed by atoms with E-state index >= 15 is 0 Å². The van der Waals surface area contributed by atoms with E-state index in [0.717, 1.165) is 17.2 Å². The number of sulfonamides is 1. The molecule has 0 saturated carbocycles. The van der Waals surface area contributed by atoms with Crippen molar-refractivity contribution in [1.82, 2.24) is 14.9 Å². The summed E-state index contributed by atoms with van der Waals surface area (Å²) in [5.74, 6) is -1.83. The highest BCUT2D eigenvalue weighted by molar-refractivity contribution is 7.89. The molecule has 0 unspecified atom stereocenters. The number of carbonyl (C=O) groups is 2. The van der Waals surface area contributed by atoms with Gasteiger partial charge in [0, 0.05) is 25.0 Å². The molecule has 2 amide bonds. The molecule has 0 saturated heterocycles. The number of rotatable bonds is 16. The van der Waals surface area contributed by atoms with Gasteiger partial charge in [-0.2, -0.15) is 4.31 Å². The minimum atomic E-state index is -4.15. The van der Waals surface area contributed by atoms with Crippen molar-refractivity contribution in [3.05, 3.63) is 95.8 Å². The number of anilines is 1. The Morgan fingerprint density at radius 2 is 1.54 bits per heavy atom. The molecule has 3 aromatic rings. The number of hydrogen-bond acceptors (Lipinski definition) is 7. The molecular weight excluding hydrogens is 635 g/mol. The number of benzene rings is 3. The number of aliphatic hydroxyl groups is 1. The Hall–Kier alpha value is -4.00. The summed E-state index contributed by atoms with van der Waals surface area (Å²) in [4.78, 5) is 26.5. The van der Waals surface area contributed by atoms with E-state index < -0.39 is 58.1 Å². The Labute approximate surface area is 283 Å². The van der Waals surface area contributed by atoms with Crippen LogP contribution in [0.1, 0.15) is 70.9 Å². The number of hydrogen-bond donors (Lipinski definition) is 4. The van der Waals surface area contributed by atoms with Gasteiger partial charge in [-0.1, -0.05) is 80.9 Å². The van der Waals surface area contributed by atoms with Crippen molar-refractivity contribution in [2.75, 3.05) is 25.4 Å². The van der Waals surface area contributed by atoms with Crippen LogP contribution in [-0.4, -0.2) is 67.2 Å². The Kier molecular flexibility index (Phi) is 13.9. The predicted molar refractivity (Wildman–Crippen MR) is 185 cm³/mol. The molecule has 0 bridgehead atoms. The van der Waals surface area contributed by atoms with E-state index in [1.54, 1.807) is 20.8 Å². The summed E-state index contributed by atoms with van der Waals surface area (Å²) in [6, 6.07) is 20.4. The lowest BCUT2D eigenvalue weighted by molar-refractivity contribution is -0.123. The maximum absolute atomic E-state index is 14.2. The van der Waals surface area contributed by atoms with Gasteiger partial charge in [-0.25, -0.2) is 17.6 Å². The number of nitrogens with zero attached hydrogens (tertiary/aromatic N) is 1. The van der Waals surface area contributed by atoms with Crippen molar-refractivity contribution in [2.24, 2.45) is 5.92 Å². The van der Waals surface area contributed by atoms with Gasteiger partial charge in [0.2, 0.25) is 15.9 Å². The van der Waals surface area contributed by atoms with Crippen molar-refractivity contribution in [2.45, 2.75) is 82.4 Å². The lowest BCUT2D eigenvalue weighted by Crippen LogP contribution is -2.51. The second-order valence-electron chi connectivity index (χ2n) is 13.2. The maximum atomic E-state index is 14.2. The van der Waals surface area contributed by atoms with E-state index in [0.29, 0.717) is 19.3 Å². The number of amides is 2. The van der Waals surface area contributed by atoms with Crippen LogP contribution in [0.4, 0.5) is 14.9 Å². The van der Waals surface area contributed by atoms with Gasteiger partial charge >= 0.3 is 6.09 Å². The van der Waals surface area contributed by atoms with Gasteiger partial charge in [0.1, 0.15) is 17.5 Å². The number of alkyl carbamates (subject to hydrolysis) is 1. The van der Waals surface area contributed by atoms with Crippen LogP contribution >= 0.6 is 0 Å². The average Bonchev–Trinajstić information content (AvgIpc) is 3.02. The lowest BCUT2D eigenvalue weighted by Gasteiger charge is -2.31. The van der Waals surface area contributed by atoms with Gasteiger partial charge in [-0.05, 0) is 68.9 Å². The first-order chi connectivity index (χ1) is 22.6. The van der Waals surface area contributed by atoms with Crippen LogP contribution in [0.3, 0.4) is 0 Å². The van der Waals surface area contributed by atoms with Crippen LogP contribution in [-0.2, 0) is 19.6 Å². The molecule has 2 atom stereocenters. The average molecular weight is 685 g/mol. The van der Waals surface area contributed by atoms with Gasteiger partial charge in [-0.15, -0.1) is 0 Å². The minimum Gasteiger partial charge on any atom is -0.444 e. The van der Waals surface area contributed by atoms with Crippen LogP contribution in [0.5, 0.6) is 0 Å². The van der Waals surface area contributed by atoms with Crippen molar-refractivity contribution in [3.8, 4) is 0 Å². The normalized spacial score (nSPS) is 13.4. The van der Waals surface area contributed by atoms with Gasteiger partial charge in [0.05, 0.1) is 17.2 Å². The fraction of sp³-hybridized carbons (Fsp3) is 0.444. The Morgan fingerprint density at radius 3 is 2.04 bits per heavy atom. The van der Waals surface area contributed by atoms with Crippen LogP contribution in [0, 0.1) is 11.7 Å². The number of nitrogens with one attached hydrogen (secondary N) is 2. The van der Waals surface area contributed by atoms with Crippen LogP contribution in [0.15, 0.2) is 83.8 Å². The zero-order chi connectivity index (χ0) is 35.5. The van der Waals surface area contributed by atoms with Crippen LogP contribution < -0.4 is 16.4 Å². The Bertz CT molecular complexity index is 1540. The second kappa shape index (κ2) is 17.4. The summed E-state index contributed by atoms with van der Waals surface area (Å²) in [7, 11) is -4.15. The van der Waals surface area contributed by atoms with E-state index in [2.05, 4.69) is 10.6 Å². The summed E-state index contributed by atoms with van der Waals surface area (Å²) in [5.41, 5.74) is 6.28. The Balaban J connectivity index is 1.75. The van der Waals surface area contributed by atoms with E-state index in [-0.39, 0.29) is 29.6 Å². The van der Waals surface area contributed by atoms with E-state index in [1.807, 2.05) is 74.5 Å². The van der Waals surface area contributed by atoms with Crippen molar-refractivity contribution in [3.63, 3.8) is 0 Å². The number of aliphatic hydroxyl groups excluding tert-OH is 1. The monoisotopic (exact) mass is 684 g/mol. The molecule has 5 N–H and O–H groups in total. The number of ether oxygens (including phenoxy) is 1. The number of halogens is 1. The number of carbonyl (C=O) groups excluding carboxylic acids is 2. The molecule has 3 aromatic carbocycles. The third kappa shape index (κ3) is 11.0. The molecule has 3 rings (SSSR count). The molecule has 0 heterocycles. The van der Waals surface area contributed by atoms with Crippen LogP contribution in [0.25, 0.3) is 0 Å². The lowest BCUT2D eigenvalue weighted by atomic mass is 9.84. The molecule has 10 nitrogen and oxygen atoms in total. The van der Waals surface area contributed by atoms with Gasteiger partial charge in [0.15, 0.2) is 0 Å². The molecule has 0 spiro atoms. The quantitative estimate of drug-likeness (QED) is 0.116. The molecule has 0 radical (unpaired) electrons. The molecule has 0 aliphatic rings. The summed E-state index contributed by atoms with van der Waals surface area (Å²) in [6.07, 6.45) is 0.509. The smallest absolute Gasteiger partial charge is 0.408 e. The first-order valence-corrected chi connectivity index (χ1v) is 17.6. The van der Waals surface area contributed by atoms with Gasteiger partial charge < -0.3 is 26.2 Å². The molecule has 48 heavy (non-hydrogen) atoms. The third-order valence-corrected chi connectivity index (χ3v) is 9.52. The Morgan fingerprint density at radius 1 is 0.958 bits per heavy atom. The standard InChI is InChI=1S/C36H49FN4O6S/c1-25(2)23-41(48(45,46)29-19-20-31(38)30(37)22-29)28(24-42)18-12-13-21-39-34(43)33(40-35(44)47-36(3,4)5)32(26-14-8-6-9-15-26)27-16-10-7-11-17-27/h6-11,14-17,19-20,22,25,28,32-33,42H,12-13,18,21,23-24,38H2,1-5H3,(H,39,43)(H,40,44)/t28-,33-/m0/s1. The van der Waals surface area contributed by atoms with E-state index in [9.17, 15) is 27.5 Å². The zero-order valence-electron chi connectivity index (χ0n) is 28.4. The first kappa shape index (κ1) is 38.4. The summed E-state index contributed by atoms with van der Waals surface area (Å²) >= 11 is 0. The molecule has 0 aliphatic carbocycles. The second-order valence-corrected chi connectivity index (χ2v) is 15.1. The predicted octanol–water partition coefficient (Wildman–Crippen LogP) is 5.43. The molecule has 0 aliphatic heterocycles. The zero-order valence-corrected chi connectivity index (χ0v) is 29.2. The number of nitrogen functional groups attached to an aromatic ring is 1. The van der Waals surface area contributed by atoms with Crippen molar-refractivity contribution in [1.29, 1.82) is 0 Å². The fourth-order valence-corrected chi connectivity index (χ4v) is 7.21. The number of nitrogens with two attached hydrogens (primary N) is 1. The summed E-state index contributed by atoms with van der Waals surface area (Å²) < 4.78 is 48.0. The van der Waals surface area contributed by atoms with Crippen LogP contribution in [0.2, 0.25) is 0 Å². The topological polar surface area (TPSA) is 151 Å². The number of unbranched alkanes of at least 4 members (excludes halogenated alkanes) is 1. The molecular formula is C36H49FN4O6S. The molecule has 0 aromatic heterocycles. The van der Waals surface area contributed by atoms with E-state index in [4.69, 9.17) is 10.5 Å². The SMILES string of the molecule is CC(C)CN([C@H](CO)CCCCNC(=O)[C@@H](NC(=O)OC(C)(C)C)C(c1ccccc1)c1ccccc1)S(=O)(=O)c1ccc(N)c(F)c1. The van der Waals surface area contributed by atoms with Crippen molar-refractivity contribution >= 4 is 27.7 Å². The first-order valence-electron chi connectivity index (χ1n) is 16.2. The minimum absolute atomic E-state index is 0.0664. The largest absolute Gasteiger partial charge is 0.444 e. The van der Waals surface area contributed by atoms with Gasteiger partial charge in [0.25, 0.3) is 0 Å². The highest BCUT2D eigenvalue weighted by Gasteiger charge is 2.34. The summed E-state index contributed by atoms with van der Waals surface area (Å²) in [5, 5.41) is 16.0. The van der Waals surface area contributed by atoms with E-state index in [1.165, 1.54) is 16.4 Å². The van der Waals surface area contributed by atoms with Gasteiger partial charge in [-0.3, -0.25) is 4.79 Å². The third-order valence-electron chi connectivity index (χ3n) is 7.61. The highest BCUT2D eigenvalue weighted by Crippen LogP contribution is 2.29. The molecule has 0 fully saturated rings. The molecule has 12 heteroatoms. The highest BCUT2D eigenvalue weighted by atomic mass is 32.2. The maximum Gasteiger partial charge on any atom is 0.408 e. The summed E-state index contributed by atoms with van der Waals surface area (Å²) in [6.45, 7) is 8.87.